The van der Waals surface area contributed by atoms with Gasteiger partial charge in [0, 0.05) is 22.3 Å². The summed E-state index contributed by atoms with van der Waals surface area (Å²) in [6, 6.07) is 7.65. The first-order valence-electron chi connectivity index (χ1n) is 5.80. The van der Waals surface area contributed by atoms with Crippen LogP contribution in [-0.4, -0.2) is 9.97 Å². The molecule has 0 bridgehead atoms. The van der Waals surface area contributed by atoms with Gasteiger partial charge in [-0.05, 0) is 30.7 Å². The van der Waals surface area contributed by atoms with Gasteiger partial charge in [-0.15, -0.1) is 0 Å². The number of aromatic nitrogens is 2. The molecule has 2 aromatic heterocycles. The normalized spacial score (nSPS) is 10.9. The van der Waals surface area contributed by atoms with Crippen molar-refractivity contribution in [1.82, 2.24) is 9.97 Å². The third-order valence-electron chi connectivity index (χ3n) is 3.00. The lowest BCUT2D eigenvalue weighted by molar-refractivity contribution is 1.32. The Labute approximate surface area is 120 Å². The molecule has 0 amide bonds. The predicted molar refractivity (Wildman–Crippen MR) is 80.6 cm³/mol. The number of hydrogen-bond acceptors (Lipinski definition) is 2. The summed E-state index contributed by atoms with van der Waals surface area (Å²) >= 11 is 12.3. The highest BCUT2D eigenvalue weighted by molar-refractivity contribution is 6.35. The summed E-state index contributed by atoms with van der Waals surface area (Å²) in [5.41, 5.74) is 3.66. The van der Waals surface area contributed by atoms with Crippen LogP contribution in [0.4, 0.5) is 11.4 Å². The van der Waals surface area contributed by atoms with E-state index >= 15 is 0 Å². The van der Waals surface area contributed by atoms with Crippen LogP contribution >= 0.6 is 23.2 Å². The number of H-pyrrole nitrogens is 1. The van der Waals surface area contributed by atoms with Crippen molar-refractivity contribution in [1.29, 1.82) is 0 Å². The van der Waals surface area contributed by atoms with Crippen LogP contribution in [0.25, 0.3) is 11.0 Å². The summed E-state index contributed by atoms with van der Waals surface area (Å²) in [6.07, 6.45) is 3.46. The molecule has 0 aliphatic carbocycles. The molecule has 0 fully saturated rings. The van der Waals surface area contributed by atoms with Crippen molar-refractivity contribution in [3.8, 4) is 0 Å². The Bertz CT molecular complexity index is 750. The van der Waals surface area contributed by atoms with Crippen LogP contribution in [-0.2, 0) is 0 Å². The number of aromatic amines is 1. The summed E-state index contributed by atoms with van der Waals surface area (Å²) in [6.45, 7) is 2.02. The standard InChI is InChI=1S/C14H11Cl2N3/c1-8-2-3-9(15)6-12(8)19-13-10-4-5-17-14(10)18-7-11(13)16/h2-7H,1H3,(H2,17,18,19). The molecule has 0 saturated heterocycles. The van der Waals surface area contributed by atoms with Gasteiger partial charge in [-0.25, -0.2) is 4.98 Å². The minimum atomic E-state index is 0.575. The van der Waals surface area contributed by atoms with E-state index < -0.39 is 0 Å². The van der Waals surface area contributed by atoms with E-state index in [-0.39, 0.29) is 0 Å². The lowest BCUT2D eigenvalue weighted by Gasteiger charge is -2.12. The van der Waals surface area contributed by atoms with E-state index in [4.69, 9.17) is 23.2 Å². The molecule has 0 atom stereocenters. The van der Waals surface area contributed by atoms with Gasteiger partial charge in [-0.2, -0.15) is 0 Å². The lowest BCUT2D eigenvalue weighted by Crippen LogP contribution is -1.95. The second kappa shape index (κ2) is 4.76. The molecule has 0 unspecified atom stereocenters. The molecule has 19 heavy (non-hydrogen) atoms. The van der Waals surface area contributed by atoms with Crippen LogP contribution in [0.15, 0.2) is 36.7 Å². The molecule has 1 aromatic carbocycles. The molecule has 3 rings (SSSR count). The van der Waals surface area contributed by atoms with Gasteiger partial charge in [-0.1, -0.05) is 29.3 Å². The molecule has 0 radical (unpaired) electrons. The fourth-order valence-corrected chi connectivity index (χ4v) is 2.34. The zero-order valence-electron chi connectivity index (χ0n) is 10.2. The van der Waals surface area contributed by atoms with Crippen LogP contribution in [0.3, 0.4) is 0 Å². The second-order valence-electron chi connectivity index (χ2n) is 4.31. The van der Waals surface area contributed by atoms with Gasteiger partial charge >= 0.3 is 0 Å². The first-order chi connectivity index (χ1) is 9.15. The number of rotatable bonds is 2. The van der Waals surface area contributed by atoms with Crippen LogP contribution in [0.2, 0.25) is 10.0 Å². The van der Waals surface area contributed by atoms with Crippen molar-refractivity contribution in [3.63, 3.8) is 0 Å². The molecule has 0 saturated carbocycles. The van der Waals surface area contributed by atoms with Crippen molar-refractivity contribution in [2.45, 2.75) is 6.92 Å². The van der Waals surface area contributed by atoms with E-state index in [1.165, 1.54) is 0 Å². The Morgan fingerprint density at radius 1 is 1.21 bits per heavy atom. The molecular weight excluding hydrogens is 281 g/mol. The summed E-state index contributed by atoms with van der Waals surface area (Å²) in [4.78, 5) is 7.29. The van der Waals surface area contributed by atoms with Gasteiger partial charge in [-0.3, -0.25) is 0 Å². The molecule has 2 N–H and O–H groups in total. The molecule has 2 heterocycles. The maximum Gasteiger partial charge on any atom is 0.139 e. The lowest BCUT2D eigenvalue weighted by atomic mass is 10.2. The van der Waals surface area contributed by atoms with Crippen molar-refractivity contribution >= 4 is 45.6 Å². The Balaban J connectivity index is 2.12. The number of fused-ring (bicyclic) bond motifs is 1. The number of halogens is 2. The van der Waals surface area contributed by atoms with Crippen molar-refractivity contribution in [3.05, 3.63) is 52.3 Å². The highest BCUT2D eigenvalue weighted by Crippen LogP contribution is 2.33. The third-order valence-corrected chi connectivity index (χ3v) is 3.52. The number of hydrogen-bond donors (Lipinski definition) is 2. The minimum absolute atomic E-state index is 0.575. The van der Waals surface area contributed by atoms with Crippen LogP contribution < -0.4 is 5.32 Å². The first kappa shape index (κ1) is 12.3. The number of anilines is 2. The van der Waals surface area contributed by atoms with Crippen molar-refractivity contribution in [2.75, 3.05) is 5.32 Å². The van der Waals surface area contributed by atoms with Gasteiger partial charge in [0.1, 0.15) is 5.65 Å². The maximum absolute atomic E-state index is 6.23. The first-order valence-corrected chi connectivity index (χ1v) is 6.55. The quantitative estimate of drug-likeness (QED) is 0.703. The molecule has 0 spiro atoms. The average molecular weight is 292 g/mol. The molecule has 3 aromatic rings. The predicted octanol–water partition coefficient (Wildman–Crippen LogP) is 4.92. The number of nitrogens with one attached hydrogen (secondary N) is 2. The molecule has 3 nitrogen and oxygen atoms in total. The topological polar surface area (TPSA) is 40.7 Å². The second-order valence-corrected chi connectivity index (χ2v) is 5.15. The largest absolute Gasteiger partial charge is 0.353 e. The summed E-state index contributed by atoms with van der Waals surface area (Å²) in [5.74, 6) is 0. The molecule has 96 valence electrons. The molecule has 0 aliphatic rings. The zero-order valence-corrected chi connectivity index (χ0v) is 11.7. The molecule has 5 heteroatoms. The summed E-state index contributed by atoms with van der Waals surface area (Å²) in [7, 11) is 0. The number of pyridine rings is 1. The van der Waals surface area contributed by atoms with E-state index in [0.717, 1.165) is 28.0 Å². The van der Waals surface area contributed by atoms with Crippen LogP contribution in [0, 0.1) is 6.92 Å². The van der Waals surface area contributed by atoms with Gasteiger partial charge in [0.25, 0.3) is 0 Å². The molecule has 0 aliphatic heterocycles. The van der Waals surface area contributed by atoms with E-state index in [2.05, 4.69) is 15.3 Å². The van der Waals surface area contributed by atoms with Crippen LogP contribution in [0.1, 0.15) is 5.56 Å². The number of aryl methyl sites for hydroxylation is 1. The van der Waals surface area contributed by atoms with Gasteiger partial charge in [0.05, 0.1) is 16.9 Å². The highest BCUT2D eigenvalue weighted by atomic mass is 35.5. The summed E-state index contributed by atoms with van der Waals surface area (Å²) in [5, 5.41) is 5.54. The Hall–Kier alpha value is -1.71. The van der Waals surface area contributed by atoms with Crippen molar-refractivity contribution in [2.24, 2.45) is 0 Å². The molecular formula is C14H11Cl2N3. The van der Waals surface area contributed by atoms with Crippen LogP contribution in [0.5, 0.6) is 0 Å². The van der Waals surface area contributed by atoms with E-state index in [1.54, 1.807) is 6.20 Å². The minimum Gasteiger partial charge on any atom is -0.353 e. The Kier molecular flexibility index (Phi) is 3.09. The SMILES string of the molecule is Cc1ccc(Cl)cc1Nc1c(Cl)cnc2[nH]ccc12. The van der Waals surface area contributed by atoms with E-state index in [0.29, 0.717) is 10.0 Å². The fraction of sp³-hybridized carbons (Fsp3) is 0.0714. The Morgan fingerprint density at radius 3 is 2.89 bits per heavy atom. The number of nitrogens with zero attached hydrogens (tertiary/aromatic N) is 1. The summed E-state index contributed by atoms with van der Waals surface area (Å²) < 4.78 is 0. The maximum atomic E-state index is 6.23. The van der Waals surface area contributed by atoms with Gasteiger partial charge in [0.15, 0.2) is 0 Å². The number of benzene rings is 1. The highest BCUT2D eigenvalue weighted by Gasteiger charge is 2.09. The monoisotopic (exact) mass is 291 g/mol. The zero-order chi connectivity index (χ0) is 13.4. The van der Waals surface area contributed by atoms with E-state index in [1.807, 2.05) is 37.4 Å². The average Bonchev–Trinajstić information content (AvgIpc) is 2.85. The van der Waals surface area contributed by atoms with E-state index in [9.17, 15) is 0 Å². The fourth-order valence-electron chi connectivity index (χ4n) is 1.97. The smallest absolute Gasteiger partial charge is 0.139 e. The Morgan fingerprint density at radius 2 is 2.05 bits per heavy atom. The third kappa shape index (κ3) is 2.27. The van der Waals surface area contributed by atoms with Gasteiger partial charge < -0.3 is 10.3 Å². The van der Waals surface area contributed by atoms with Gasteiger partial charge in [0.2, 0.25) is 0 Å². The van der Waals surface area contributed by atoms with Crippen molar-refractivity contribution < 1.29 is 0 Å².